The number of carbonyl (C=O) groups is 3. The first-order chi connectivity index (χ1) is 19.5. The van der Waals surface area contributed by atoms with E-state index in [4.69, 9.17) is 21.1 Å². The Labute approximate surface area is 241 Å². The summed E-state index contributed by atoms with van der Waals surface area (Å²) in [6.07, 6.45) is -3.22. The van der Waals surface area contributed by atoms with E-state index < -0.39 is 41.2 Å². The van der Waals surface area contributed by atoms with E-state index in [0.717, 1.165) is 18.2 Å². The normalized spacial score (nSPS) is 14.5. The van der Waals surface area contributed by atoms with Crippen LogP contribution in [0.2, 0.25) is 5.02 Å². The number of ether oxygens (including phenoxy) is 2. The second-order valence-electron chi connectivity index (χ2n) is 8.54. The number of halogens is 5. The van der Waals surface area contributed by atoms with Gasteiger partial charge in [0.15, 0.2) is 11.5 Å². The zero-order chi connectivity index (χ0) is 29.7. The van der Waals surface area contributed by atoms with Crippen LogP contribution in [-0.4, -0.2) is 35.1 Å². The number of nitrogens with zero attached hydrogens (tertiary/aromatic N) is 1. The van der Waals surface area contributed by atoms with Crippen LogP contribution in [-0.2, 0) is 22.4 Å². The van der Waals surface area contributed by atoms with Gasteiger partial charge in [0.2, 0.25) is 5.91 Å². The van der Waals surface area contributed by atoms with Crippen molar-refractivity contribution in [3.05, 3.63) is 93.1 Å². The van der Waals surface area contributed by atoms with Crippen LogP contribution in [0.15, 0.2) is 65.6 Å². The van der Waals surface area contributed by atoms with E-state index in [0.29, 0.717) is 27.8 Å². The number of amides is 3. The minimum absolute atomic E-state index is 0.0135. The Balaban J connectivity index is 1.48. The molecule has 1 heterocycles. The van der Waals surface area contributed by atoms with Gasteiger partial charge in [-0.15, -0.1) is 0 Å². The smallest absolute Gasteiger partial charge is 0.416 e. The van der Waals surface area contributed by atoms with E-state index in [1.54, 1.807) is 25.1 Å². The molecule has 0 radical (unpaired) electrons. The highest BCUT2D eigenvalue weighted by Crippen LogP contribution is 2.40. The van der Waals surface area contributed by atoms with Gasteiger partial charge in [-0.2, -0.15) is 13.2 Å². The first-order valence-corrected chi connectivity index (χ1v) is 13.2. The maximum Gasteiger partial charge on any atom is 0.416 e. The number of benzene rings is 3. The second kappa shape index (κ2) is 12.6. The molecule has 4 rings (SSSR count). The summed E-state index contributed by atoms with van der Waals surface area (Å²) in [5.41, 5.74) is -0.405. The molecular formula is C28H21ClF4N2O5S. The van der Waals surface area contributed by atoms with E-state index in [9.17, 15) is 31.9 Å². The standard InChI is InChI=1S/C28H21ClF4N2O5S/c1-2-39-22-11-16(10-20(29)25(22)40-15-17-6-3-4-9-21(17)30)12-23-26(37)35(27(38)41-23)14-24(36)34-19-8-5-7-18(13-19)28(31,32)33/h3-13H,2,14-15H2,1H3,(H,34,36)/b23-12-. The molecule has 1 aliphatic rings. The number of alkyl halides is 3. The average Bonchev–Trinajstić information content (AvgIpc) is 3.16. The molecule has 13 heteroatoms. The first-order valence-electron chi connectivity index (χ1n) is 12.0. The largest absolute Gasteiger partial charge is 0.490 e. The Morgan fingerprint density at radius 1 is 1.07 bits per heavy atom. The predicted octanol–water partition coefficient (Wildman–Crippen LogP) is 7.15. The number of thioether (sulfide) groups is 1. The van der Waals surface area contributed by atoms with E-state index in [2.05, 4.69) is 5.32 Å². The van der Waals surface area contributed by atoms with Gasteiger partial charge in [-0.25, -0.2) is 4.39 Å². The number of nitrogens with one attached hydrogen (secondary N) is 1. The van der Waals surface area contributed by atoms with Gasteiger partial charge >= 0.3 is 6.18 Å². The Morgan fingerprint density at radius 2 is 1.83 bits per heavy atom. The van der Waals surface area contributed by atoms with Crippen molar-refractivity contribution in [2.75, 3.05) is 18.5 Å². The van der Waals surface area contributed by atoms with Crippen molar-refractivity contribution in [2.24, 2.45) is 0 Å². The van der Waals surface area contributed by atoms with E-state index in [-0.39, 0.29) is 40.3 Å². The summed E-state index contributed by atoms with van der Waals surface area (Å²) in [7, 11) is 0. The molecule has 0 bridgehead atoms. The van der Waals surface area contributed by atoms with Crippen LogP contribution < -0.4 is 14.8 Å². The zero-order valence-corrected chi connectivity index (χ0v) is 22.8. The van der Waals surface area contributed by atoms with Gasteiger partial charge in [0, 0.05) is 11.3 Å². The van der Waals surface area contributed by atoms with Crippen molar-refractivity contribution >= 4 is 52.2 Å². The second-order valence-corrected chi connectivity index (χ2v) is 9.94. The molecule has 0 aliphatic carbocycles. The number of anilines is 1. The van der Waals surface area contributed by atoms with E-state index in [1.807, 2.05) is 0 Å². The highest BCUT2D eigenvalue weighted by molar-refractivity contribution is 8.18. The van der Waals surface area contributed by atoms with Crippen LogP contribution in [0.25, 0.3) is 6.08 Å². The Morgan fingerprint density at radius 3 is 2.54 bits per heavy atom. The summed E-state index contributed by atoms with van der Waals surface area (Å²) in [4.78, 5) is 38.5. The lowest BCUT2D eigenvalue weighted by atomic mass is 10.1. The van der Waals surface area contributed by atoms with Crippen LogP contribution in [0, 0.1) is 5.82 Å². The molecule has 1 N–H and O–H groups in total. The minimum atomic E-state index is -4.60. The van der Waals surface area contributed by atoms with Crippen molar-refractivity contribution in [2.45, 2.75) is 19.7 Å². The summed E-state index contributed by atoms with van der Waals surface area (Å²) in [6, 6.07) is 13.0. The molecule has 3 aromatic rings. The molecule has 0 atom stereocenters. The van der Waals surface area contributed by atoms with Gasteiger partial charge in [0.05, 0.1) is 22.1 Å². The topological polar surface area (TPSA) is 84.9 Å². The first kappa shape index (κ1) is 29.9. The van der Waals surface area contributed by atoms with Gasteiger partial charge in [-0.1, -0.05) is 35.9 Å². The lowest BCUT2D eigenvalue weighted by Gasteiger charge is -2.15. The molecule has 1 aliphatic heterocycles. The molecule has 41 heavy (non-hydrogen) atoms. The third-order valence-electron chi connectivity index (χ3n) is 5.61. The number of hydrogen-bond donors (Lipinski definition) is 1. The van der Waals surface area contributed by atoms with Crippen LogP contribution in [0.4, 0.5) is 28.0 Å². The maximum atomic E-state index is 14.0. The lowest BCUT2D eigenvalue weighted by molar-refractivity contribution is -0.137. The molecule has 0 saturated carbocycles. The molecular weight excluding hydrogens is 588 g/mol. The molecule has 0 spiro atoms. The molecule has 0 aromatic heterocycles. The summed E-state index contributed by atoms with van der Waals surface area (Å²) in [5, 5.41) is 1.64. The Kier molecular flexibility index (Phi) is 9.24. The van der Waals surface area contributed by atoms with E-state index in [1.165, 1.54) is 30.3 Å². The van der Waals surface area contributed by atoms with Gasteiger partial charge in [0.1, 0.15) is 19.0 Å². The molecule has 1 fully saturated rings. The van der Waals surface area contributed by atoms with Gasteiger partial charge in [-0.05, 0) is 66.7 Å². The number of rotatable bonds is 9. The highest BCUT2D eigenvalue weighted by atomic mass is 35.5. The SMILES string of the molecule is CCOc1cc(/C=C2\SC(=O)N(CC(=O)Nc3cccc(C(F)(F)F)c3)C2=O)cc(Cl)c1OCc1ccccc1F. The summed E-state index contributed by atoms with van der Waals surface area (Å²) < 4.78 is 64.2. The molecule has 0 unspecified atom stereocenters. The van der Waals surface area contributed by atoms with Crippen molar-refractivity contribution in [3.63, 3.8) is 0 Å². The fourth-order valence-corrected chi connectivity index (χ4v) is 4.86. The molecule has 1 saturated heterocycles. The predicted molar refractivity (Wildman–Crippen MR) is 146 cm³/mol. The van der Waals surface area contributed by atoms with Crippen molar-refractivity contribution < 1.29 is 41.4 Å². The molecule has 7 nitrogen and oxygen atoms in total. The van der Waals surface area contributed by atoms with Crippen LogP contribution in [0.5, 0.6) is 11.5 Å². The average molecular weight is 609 g/mol. The lowest BCUT2D eigenvalue weighted by Crippen LogP contribution is -2.36. The van der Waals surface area contributed by atoms with Gasteiger partial charge < -0.3 is 14.8 Å². The molecule has 3 aromatic carbocycles. The summed E-state index contributed by atoms with van der Waals surface area (Å²) >= 11 is 7.00. The summed E-state index contributed by atoms with van der Waals surface area (Å²) in [6.45, 7) is 1.16. The van der Waals surface area contributed by atoms with Crippen LogP contribution in [0.1, 0.15) is 23.6 Å². The monoisotopic (exact) mass is 608 g/mol. The third kappa shape index (κ3) is 7.39. The maximum absolute atomic E-state index is 14.0. The number of imide groups is 1. The minimum Gasteiger partial charge on any atom is -0.490 e. The number of carbonyl (C=O) groups excluding carboxylic acids is 3. The quantitative estimate of drug-likeness (QED) is 0.205. The summed E-state index contributed by atoms with van der Waals surface area (Å²) in [5.74, 6) is -1.69. The third-order valence-corrected chi connectivity index (χ3v) is 6.80. The fourth-order valence-electron chi connectivity index (χ4n) is 3.74. The van der Waals surface area contributed by atoms with Crippen molar-refractivity contribution in [1.29, 1.82) is 0 Å². The molecule has 214 valence electrons. The highest BCUT2D eigenvalue weighted by Gasteiger charge is 2.36. The van der Waals surface area contributed by atoms with Crippen LogP contribution >= 0.6 is 23.4 Å². The van der Waals surface area contributed by atoms with Gasteiger partial charge in [-0.3, -0.25) is 19.3 Å². The van der Waals surface area contributed by atoms with Crippen LogP contribution in [0.3, 0.4) is 0 Å². The zero-order valence-electron chi connectivity index (χ0n) is 21.3. The number of hydrogen-bond acceptors (Lipinski definition) is 6. The van der Waals surface area contributed by atoms with Gasteiger partial charge in [0.25, 0.3) is 11.1 Å². The molecule has 3 amide bonds. The fraction of sp³-hybridized carbons (Fsp3) is 0.179. The van der Waals surface area contributed by atoms with Crippen molar-refractivity contribution in [1.82, 2.24) is 4.90 Å². The van der Waals surface area contributed by atoms with E-state index >= 15 is 0 Å². The Bertz CT molecular complexity index is 1530. The Hall–Kier alpha value is -4.03. The van der Waals surface area contributed by atoms with Crippen molar-refractivity contribution in [3.8, 4) is 11.5 Å².